The summed E-state index contributed by atoms with van der Waals surface area (Å²) in [6, 6.07) is 4.45. The van der Waals surface area contributed by atoms with Gasteiger partial charge >= 0.3 is 11.7 Å². The average Bonchev–Trinajstić information content (AvgIpc) is 2.93. The molecule has 1 aromatic rings. The molecule has 0 saturated carbocycles. The summed E-state index contributed by atoms with van der Waals surface area (Å²) in [5, 5.41) is 11.1. The second-order valence-corrected chi connectivity index (χ2v) is 7.52. The number of nitro benzene ring substituents is 1. The standard InChI is InChI=1S/C18H20N2O6S2/c1-3-9-26-16(21)5-4-8-19-17(22)15(28-18(19)27)11-12-6-7-14(25-2)13(10-12)20(23)24/h6-7,10-11H,3-5,8-9H2,1-2H3/b15-11-. The maximum absolute atomic E-state index is 12.6. The minimum absolute atomic E-state index is 0.143. The lowest BCUT2D eigenvalue weighted by Crippen LogP contribution is -2.29. The molecule has 0 aliphatic carbocycles. The molecule has 0 unspecified atom stereocenters. The lowest BCUT2D eigenvalue weighted by Gasteiger charge is -2.13. The first-order valence-corrected chi connectivity index (χ1v) is 9.83. The van der Waals surface area contributed by atoms with Gasteiger partial charge in [0.1, 0.15) is 4.32 Å². The number of thioether (sulfide) groups is 1. The number of nitrogens with zero attached hydrogens (tertiary/aromatic N) is 2. The number of methoxy groups -OCH3 is 1. The van der Waals surface area contributed by atoms with Gasteiger partial charge < -0.3 is 9.47 Å². The van der Waals surface area contributed by atoms with Crippen LogP contribution >= 0.6 is 24.0 Å². The Bertz CT molecular complexity index is 824. The summed E-state index contributed by atoms with van der Waals surface area (Å²) in [6.07, 6.45) is 2.97. The number of nitro groups is 1. The van der Waals surface area contributed by atoms with Crippen LogP contribution in [0.3, 0.4) is 0 Å². The number of hydrogen-bond acceptors (Lipinski definition) is 8. The molecule has 2 rings (SSSR count). The van der Waals surface area contributed by atoms with E-state index in [1.807, 2.05) is 6.92 Å². The van der Waals surface area contributed by atoms with E-state index in [9.17, 15) is 19.7 Å². The fourth-order valence-electron chi connectivity index (χ4n) is 2.45. The van der Waals surface area contributed by atoms with E-state index in [0.717, 1.165) is 18.2 Å². The SMILES string of the molecule is CCCOC(=O)CCCN1C(=O)/C(=C/c2ccc(OC)c([N+](=O)[O-])c2)SC1=S. The van der Waals surface area contributed by atoms with E-state index in [0.29, 0.717) is 34.4 Å². The zero-order valence-corrected chi connectivity index (χ0v) is 17.1. The number of esters is 1. The maximum atomic E-state index is 12.6. The van der Waals surface area contributed by atoms with Crippen molar-refractivity contribution < 1.29 is 24.0 Å². The van der Waals surface area contributed by atoms with Crippen molar-refractivity contribution in [3.63, 3.8) is 0 Å². The fourth-order valence-corrected chi connectivity index (χ4v) is 3.76. The van der Waals surface area contributed by atoms with Gasteiger partial charge in [0.15, 0.2) is 5.75 Å². The van der Waals surface area contributed by atoms with E-state index in [1.165, 1.54) is 24.1 Å². The molecule has 1 aliphatic heterocycles. The largest absolute Gasteiger partial charge is 0.490 e. The van der Waals surface area contributed by atoms with Crippen molar-refractivity contribution in [2.45, 2.75) is 26.2 Å². The molecule has 0 bridgehead atoms. The zero-order valence-electron chi connectivity index (χ0n) is 15.5. The number of thiocarbonyl (C=S) groups is 1. The van der Waals surface area contributed by atoms with Crippen LogP contribution in [-0.4, -0.2) is 46.3 Å². The number of rotatable bonds is 9. The zero-order chi connectivity index (χ0) is 20.7. The van der Waals surface area contributed by atoms with Gasteiger partial charge in [0.2, 0.25) is 0 Å². The molecule has 1 fully saturated rings. The van der Waals surface area contributed by atoms with Crippen LogP contribution in [0.15, 0.2) is 23.1 Å². The predicted octanol–water partition coefficient (Wildman–Crippen LogP) is 3.54. The summed E-state index contributed by atoms with van der Waals surface area (Å²) >= 11 is 6.37. The van der Waals surface area contributed by atoms with Crippen molar-refractivity contribution in [3.05, 3.63) is 38.8 Å². The molecule has 0 atom stereocenters. The van der Waals surface area contributed by atoms with Crippen molar-refractivity contribution in [1.29, 1.82) is 0 Å². The number of benzene rings is 1. The van der Waals surface area contributed by atoms with Crippen molar-refractivity contribution in [1.82, 2.24) is 4.90 Å². The van der Waals surface area contributed by atoms with Gasteiger partial charge in [-0.25, -0.2) is 0 Å². The molecule has 150 valence electrons. The molecule has 0 aromatic heterocycles. The molecule has 0 radical (unpaired) electrons. The first-order chi connectivity index (χ1) is 13.4. The highest BCUT2D eigenvalue weighted by Gasteiger charge is 2.31. The molecule has 10 heteroatoms. The third-order valence-corrected chi connectivity index (χ3v) is 5.18. The lowest BCUT2D eigenvalue weighted by molar-refractivity contribution is -0.385. The van der Waals surface area contributed by atoms with Gasteiger partial charge in [0.05, 0.1) is 23.5 Å². The van der Waals surface area contributed by atoms with Gasteiger partial charge in [-0.05, 0) is 30.5 Å². The summed E-state index contributed by atoms with van der Waals surface area (Å²) in [4.78, 5) is 36.5. The van der Waals surface area contributed by atoms with Crippen molar-refractivity contribution in [2.75, 3.05) is 20.3 Å². The van der Waals surface area contributed by atoms with Crippen LogP contribution < -0.4 is 4.74 Å². The van der Waals surface area contributed by atoms with Crippen LogP contribution in [0.2, 0.25) is 0 Å². The summed E-state index contributed by atoms with van der Waals surface area (Å²) in [5.74, 6) is -0.437. The molecular weight excluding hydrogens is 404 g/mol. The van der Waals surface area contributed by atoms with Crippen LogP contribution in [0.25, 0.3) is 6.08 Å². The second-order valence-electron chi connectivity index (χ2n) is 5.85. The first-order valence-electron chi connectivity index (χ1n) is 8.60. The first kappa shape index (κ1) is 21.8. The Morgan fingerprint density at radius 2 is 2.18 bits per heavy atom. The average molecular weight is 425 g/mol. The minimum atomic E-state index is -0.543. The molecule has 0 N–H and O–H groups in total. The lowest BCUT2D eigenvalue weighted by atomic mass is 10.1. The summed E-state index contributed by atoms with van der Waals surface area (Å²) in [6.45, 7) is 2.61. The number of carbonyl (C=O) groups is 2. The highest BCUT2D eigenvalue weighted by atomic mass is 32.2. The van der Waals surface area contributed by atoms with Gasteiger partial charge in [-0.3, -0.25) is 24.6 Å². The molecule has 1 aromatic carbocycles. The third-order valence-electron chi connectivity index (χ3n) is 3.80. The van der Waals surface area contributed by atoms with Gasteiger partial charge in [-0.2, -0.15) is 0 Å². The van der Waals surface area contributed by atoms with E-state index in [1.54, 1.807) is 12.1 Å². The van der Waals surface area contributed by atoms with Crippen molar-refractivity contribution in [3.8, 4) is 5.75 Å². The van der Waals surface area contributed by atoms with Crippen LogP contribution in [0.4, 0.5) is 5.69 Å². The minimum Gasteiger partial charge on any atom is -0.490 e. The fraction of sp³-hybridized carbons (Fsp3) is 0.389. The molecular formula is C18H20N2O6S2. The third kappa shape index (κ3) is 5.52. The van der Waals surface area contributed by atoms with Gasteiger partial charge in [-0.1, -0.05) is 37.0 Å². The highest BCUT2D eigenvalue weighted by molar-refractivity contribution is 8.26. The maximum Gasteiger partial charge on any atom is 0.311 e. The summed E-state index contributed by atoms with van der Waals surface area (Å²) < 4.78 is 10.4. The van der Waals surface area contributed by atoms with Gasteiger partial charge in [0.25, 0.3) is 5.91 Å². The van der Waals surface area contributed by atoms with Crippen LogP contribution in [0.5, 0.6) is 5.75 Å². The Morgan fingerprint density at radius 1 is 1.43 bits per heavy atom. The van der Waals surface area contributed by atoms with E-state index in [2.05, 4.69) is 0 Å². The topological polar surface area (TPSA) is 99.0 Å². The number of ether oxygens (including phenoxy) is 2. The Balaban J connectivity index is 2.05. The van der Waals surface area contributed by atoms with E-state index >= 15 is 0 Å². The highest BCUT2D eigenvalue weighted by Crippen LogP contribution is 2.34. The monoisotopic (exact) mass is 424 g/mol. The molecule has 8 nitrogen and oxygen atoms in total. The molecule has 1 amide bonds. The predicted molar refractivity (Wildman–Crippen MR) is 110 cm³/mol. The summed E-state index contributed by atoms with van der Waals surface area (Å²) in [5.41, 5.74) is 0.313. The smallest absolute Gasteiger partial charge is 0.311 e. The Hall–Kier alpha value is -2.46. The summed E-state index contributed by atoms with van der Waals surface area (Å²) in [7, 11) is 1.35. The van der Waals surface area contributed by atoms with Crippen molar-refractivity contribution >= 4 is 51.9 Å². The van der Waals surface area contributed by atoms with E-state index in [-0.39, 0.29) is 29.7 Å². The quantitative estimate of drug-likeness (QED) is 0.195. The molecule has 1 heterocycles. The number of amides is 1. The van der Waals surface area contributed by atoms with Crippen LogP contribution in [-0.2, 0) is 14.3 Å². The van der Waals surface area contributed by atoms with Gasteiger partial charge in [0, 0.05) is 19.0 Å². The van der Waals surface area contributed by atoms with E-state index < -0.39 is 4.92 Å². The van der Waals surface area contributed by atoms with Crippen LogP contribution in [0.1, 0.15) is 31.7 Å². The number of carbonyl (C=O) groups excluding carboxylic acids is 2. The number of hydrogen-bond donors (Lipinski definition) is 0. The van der Waals surface area contributed by atoms with E-state index in [4.69, 9.17) is 21.7 Å². The Morgan fingerprint density at radius 3 is 2.82 bits per heavy atom. The molecule has 1 saturated heterocycles. The van der Waals surface area contributed by atoms with Gasteiger partial charge in [-0.15, -0.1) is 0 Å². The second kappa shape index (κ2) is 10.2. The normalized spacial score (nSPS) is 15.2. The Kier molecular flexibility index (Phi) is 7.94. The Labute approximate surface area is 172 Å². The van der Waals surface area contributed by atoms with Crippen molar-refractivity contribution in [2.24, 2.45) is 0 Å². The van der Waals surface area contributed by atoms with Crippen LogP contribution in [0, 0.1) is 10.1 Å². The molecule has 28 heavy (non-hydrogen) atoms. The molecule has 1 aliphatic rings. The molecule has 0 spiro atoms.